The van der Waals surface area contributed by atoms with E-state index in [0.717, 1.165) is 42.7 Å². The summed E-state index contributed by atoms with van der Waals surface area (Å²) < 4.78 is 33.3. The second kappa shape index (κ2) is 8.10. The third-order valence-electron chi connectivity index (χ3n) is 4.79. The van der Waals surface area contributed by atoms with Gasteiger partial charge < -0.3 is 10.1 Å². The molecule has 1 saturated carbocycles. The van der Waals surface area contributed by atoms with E-state index in [1.165, 1.54) is 0 Å². The Morgan fingerprint density at radius 1 is 0.962 bits per heavy atom. The molecule has 0 heterocycles. The Morgan fingerprint density at radius 2 is 1.62 bits per heavy atom. The molecule has 140 valence electrons. The van der Waals surface area contributed by atoms with Crippen LogP contribution in [0.4, 0.5) is 5.69 Å². The molecule has 0 aliphatic heterocycles. The van der Waals surface area contributed by atoms with E-state index in [4.69, 9.17) is 4.74 Å². The van der Waals surface area contributed by atoms with E-state index in [-0.39, 0.29) is 12.1 Å². The van der Waals surface area contributed by atoms with Crippen molar-refractivity contribution in [2.75, 3.05) is 12.4 Å². The Balaban J connectivity index is 1.61. The van der Waals surface area contributed by atoms with Gasteiger partial charge in [0.15, 0.2) is 0 Å². The lowest BCUT2D eigenvalue weighted by atomic mass is 9.91. The van der Waals surface area contributed by atoms with E-state index in [9.17, 15) is 8.42 Å². The molecule has 2 N–H and O–H groups in total. The molecule has 0 radical (unpaired) electrons. The van der Waals surface area contributed by atoms with Crippen LogP contribution in [-0.4, -0.2) is 27.6 Å². The van der Waals surface area contributed by atoms with Crippen LogP contribution in [0.5, 0.6) is 5.75 Å². The van der Waals surface area contributed by atoms with Gasteiger partial charge in [0, 0.05) is 17.8 Å². The van der Waals surface area contributed by atoms with Crippen LogP contribution in [0.25, 0.3) is 0 Å². The van der Waals surface area contributed by atoms with E-state index < -0.39 is 10.0 Å². The Kier molecular flexibility index (Phi) is 5.84. The minimum absolute atomic E-state index is 0.0502. The van der Waals surface area contributed by atoms with Gasteiger partial charge in [-0.3, -0.25) is 0 Å². The van der Waals surface area contributed by atoms with Gasteiger partial charge in [0.2, 0.25) is 10.0 Å². The quantitative estimate of drug-likeness (QED) is 0.809. The second-order valence-electron chi connectivity index (χ2n) is 6.87. The molecule has 1 aliphatic carbocycles. The zero-order valence-electron chi connectivity index (χ0n) is 15.2. The average molecular weight is 375 g/mol. The molecule has 0 unspecified atom stereocenters. The lowest BCUT2D eigenvalue weighted by Gasteiger charge is -2.30. The van der Waals surface area contributed by atoms with Crippen LogP contribution in [-0.2, 0) is 10.0 Å². The molecular formula is C20H26N2O3S. The molecular weight excluding hydrogens is 348 g/mol. The summed E-state index contributed by atoms with van der Waals surface area (Å²) in [6.07, 6.45) is 3.67. The molecule has 1 fully saturated rings. The molecule has 2 aromatic carbocycles. The summed E-state index contributed by atoms with van der Waals surface area (Å²) in [7, 11) is -1.83. The number of hydrogen-bond donors (Lipinski definition) is 2. The molecule has 0 saturated heterocycles. The van der Waals surface area contributed by atoms with Crippen LogP contribution < -0.4 is 14.8 Å². The highest BCUT2D eigenvalue weighted by molar-refractivity contribution is 7.89. The third-order valence-corrected chi connectivity index (χ3v) is 6.32. The highest BCUT2D eigenvalue weighted by Crippen LogP contribution is 2.25. The molecule has 3 rings (SSSR count). The first-order chi connectivity index (χ1) is 12.5. The van der Waals surface area contributed by atoms with Crippen molar-refractivity contribution in [2.45, 2.75) is 49.6 Å². The van der Waals surface area contributed by atoms with Gasteiger partial charge in [0.25, 0.3) is 0 Å². The number of nitrogens with one attached hydrogen (secondary N) is 2. The van der Waals surface area contributed by atoms with Crippen LogP contribution in [0.1, 0.15) is 31.2 Å². The fraction of sp³-hybridized carbons (Fsp3) is 0.400. The number of ether oxygens (including phenoxy) is 1. The van der Waals surface area contributed by atoms with Crippen molar-refractivity contribution >= 4 is 15.7 Å². The van der Waals surface area contributed by atoms with Gasteiger partial charge in [-0.1, -0.05) is 17.7 Å². The van der Waals surface area contributed by atoms with Crippen LogP contribution in [0.3, 0.4) is 0 Å². The van der Waals surface area contributed by atoms with Crippen LogP contribution >= 0.6 is 0 Å². The van der Waals surface area contributed by atoms with E-state index in [1.807, 2.05) is 43.3 Å². The van der Waals surface area contributed by atoms with Crippen molar-refractivity contribution in [3.63, 3.8) is 0 Å². The molecule has 0 amide bonds. The molecule has 0 spiro atoms. The van der Waals surface area contributed by atoms with Gasteiger partial charge in [0.1, 0.15) is 5.75 Å². The lowest BCUT2D eigenvalue weighted by molar-refractivity contribution is 0.385. The summed E-state index contributed by atoms with van der Waals surface area (Å²) in [5, 5.41) is 3.50. The molecule has 2 aromatic rings. The largest absolute Gasteiger partial charge is 0.497 e. The molecule has 1 aliphatic rings. The predicted octanol–water partition coefficient (Wildman–Crippen LogP) is 3.71. The van der Waals surface area contributed by atoms with E-state index >= 15 is 0 Å². The first-order valence-electron chi connectivity index (χ1n) is 8.96. The third kappa shape index (κ3) is 4.77. The second-order valence-corrected chi connectivity index (χ2v) is 8.58. The number of methoxy groups -OCH3 is 1. The number of rotatable bonds is 6. The molecule has 6 heteroatoms. The summed E-state index contributed by atoms with van der Waals surface area (Å²) in [6.45, 7) is 1.94. The van der Waals surface area contributed by atoms with Crippen LogP contribution in [0.2, 0.25) is 0 Å². The van der Waals surface area contributed by atoms with Crippen molar-refractivity contribution in [3.05, 3.63) is 54.1 Å². The van der Waals surface area contributed by atoms with Crippen molar-refractivity contribution in [2.24, 2.45) is 0 Å². The minimum Gasteiger partial charge on any atom is -0.497 e. The topological polar surface area (TPSA) is 67.4 Å². The Bertz CT molecular complexity index is 817. The maximum absolute atomic E-state index is 12.6. The molecule has 5 nitrogen and oxygen atoms in total. The van der Waals surface area contributed by atoms with Crippen molar-refractivity contribution in [1.29, 1.82) is 0 Å². The maximum Gasteiger partial charge on any atom is 0.240 e. The molecule has 0 aromatic heterocycles. The summed E-state index contributed by atoms with van der Waals surface area (Å²) in [5.41, 5.74) is 2.07. The fourth-order valence-corrected chi connectivity index (χ4v) is 4.64. The van der Waals surface area contributed by atoms with Gasteiger partial charge in [-0.05, 0) is 69.0 Å². The molecule has 26 heavy (non-hydrogen) atoms. The Labute approximate surface area is 155 Å². The summed E-state index contributed by atoms with van der Waals surface area (Å²) in [5.74, 6) is 0.822. The normalized spacial score (nSPS) is 20.5. The van der Waals surface area contributed by atoms with Crippen LogP contribution in [0.15, 0.2) is 53.4 Å². The van der Waals surface area contributed by atoms with Crippen molar-refractivity contribution < 1.29 is 13.2 Å². The monoisotopic (exact) mass is 374 g/mol. The number of anilines is 1. The zero-order valence-corrected chi connectivity index (χ0v) is 16.1. The van der Waals surface area contributed by atoms with Gasteiger partial charge >= 0.3 is 0 Å². The summed E-state index contributed by atoms with van der Waals surface area (Å²) >= 11 is 0. The van der Waals surface area contributed by atoms with Gasteiger partial charge in [-0.15, -0.1) is 0 Å². The van der Waals surface area contributed by atoms with E-state index in [2.05, 4.69) is 10.0 Å². The first-order valence-corrected chi connectivity index (χ1v) is 10.4. The number of sulfonamides is 1. The zero-order chi connectivity index (χ0) is 18.6. The highest BCUT2D eigenvalue weighted by atomic mass is 32.2. The number of hydrogen-bond acceptors (Lipinski definition) is 4. The SMILES string of the molecule is COc1ccc(N[C@H]2CCC[C@@H](NS(=O)(=O)c3ccc(C)cc3)C2)cc1. The molecule has 0 bridgehead atoms. The van der Waals surface area contributed by atoms with Gasteiger partial charge in [0.05, 0.1) is 12.0 Å². The summed E-state index contributed by atoms with van der Waals surface area (Å²) in [6, 6.07) is 15.0. The van der Waals surface area contributed by atoms with Crippen molar-refractivity contribution in [3.8, 4) is 5.75 Å². The smallest absolute Gasteiger partial charge is 0.240 e. The highest BCUT2D eigenvalue weighted by Gasteiger charge is 2.26. The minimum atomic E-state index is -3.48. The Morgan fingerprint density at radius 3 is 2.27 bits per heavy atom. The average Bonchev–Trinajstić information content (AvgIpc) is 2.63. The maximum atomic E-state index is 12.6. The van der Waals surface area contributed by atoms with Gasteiger partial charge in [-0.2, -0.15) is 0 Å². The van der Waals surface area contributed by atoms with Crippen LogP contribution in [0, 0.1) is 6.92 Å². The summed E-state index contributed by atoms with van der Waals surface area (Å²) in [4.78, 5) is 0.327. The fourth-order valence-electron chi connectivity index (χ4n) is 3.36. The lowest BCUT2D eigenvalue weighted by Crippen LogP contribution is -2.41. The Hall–Kier alpha value is -2.05. The molecule has 2 atom stereocenters. The standard InChI is InChI=1S/C20H26N2O3S/c1-15-6-12-20(13-7-15)26(23,24)22-18-5-3-4-17(14-18)21-16-8-10-19(25-2)11-9-16/h6-13,17-18,21-22H,3-5,14H2,1-2H3/t17-,18+/m0/s1. The predicted molar refractivity (Wildman–Crippen MR) is 104 cm³/mol. The van der Waals surface area contributed by atoms with Crippen molar-refractivity contribution in [1.82, 2.24) is 4.72 Å². The number of benzene rings is 2. The first kappa shape index (κ1) is 18.7. The van der Waals surface area contributed by atoms with E-state index in [0.29, 0.717) is 4.90 Å². The number of aryl methyl sites for hydroxylation is 1. The van der Waals surface area contributed by atoms with Gasteiger partial charge in [-0.25, -0.2) is 13.1 Å². The van der Waals surface area contributed by atoms with E-state index in [1.54, 1.807) is 19.2 Å².